The molecule has 3 rings (SSSR count). The third-order valence-electron chi connectivity index (χ3n) is 4.39. The van der Waals surface area contributed by atoms with E-state index in [9.17, 15) is 18.0 Å². The summed E-state index contributed by atoms with van der Waals surface area (Å²) in [5.74, 6) is -0.897. The number of ketones is 1. The van der Waals surface area contributed by atoms with Crippen LogP contribution in [0.15, 0.2) is 70.7 Å². The van der Waals surface area contributed by atoms with Crippen LogP contribution >= 0.6 is 11.8 Å². The van der Waals surface area contributed by atoms with E-state index >= 15 is 0 Å². The zero-order valence-corrected chi connectivity index (χ0v) is 18.9. The average Bonchev–Trinajstić information content (AvgIpc) is 3.13. The van der Waals surface area contributed by atoms with E-state index < -0.39 is 15.1 Å². The molecule has 0 N–H and O–H groups in total. The predicted octanol–water partition coefficient (Wildman–Crippen LogP) is 2.38. The minimum Gasteiger partial charge on any atom is -0.347 e. The van der Waals surface area contributed by atoms with Gasteiger partial charge < -0.3 is 4.90 Å². The number of sulfone groups is 1. The monoisotopic (exact) mass is 458 g/mol. The maximum atomic E-state index is 12.9. The van der Waals surface area contributed by atoms with Crippen LogP contribution in [-0.4, -0.2) is 59.1 Å². The lowest BCUT2D eigenvalue weighted by molar-refractivity contribution is -0.132. The Morgan fingerprint density at radius 1 is 1.00 bits per heavy atom. The number of aromatic nitrogens is 3. The van der Waals surface area contributed by atoms with Gasteiger partial charge in [-0.3, -0.25) is 14.2 Å². The van der Waals surface area contributed by atoms with Crippen molar-refractivity contribution in [2.24, 2.45) is 0 Å². The average molecular weight is 459 g/mol. The van der Waals surface area contributed by atoms with E-state index in [1.54, 1.807) is 61.1 Å². The van der Waals surface area contributed by atoms with Crippen molar-refractivity contribution in [2.75, 3.05) is 14.1 Å². The number of amides is 1. The summed E-state index contributed by atoms with van der Waals surface area (Å²) in [6.07, 6.45) is 0. The highest BCUT2D eigenvalue weighted by Crippen LogP contribution is 2.28. The zero-order valence-electron chi connectivity index (χ0n) is 17.3. The van der Waals surface area contributed by atoms with Crippen molar-refractivity contribution in [2.45, 2.75) is 28.0 Å². The quantitative estimate of drug-likeness (QED) is 0.377. The Balaban J connectivity index is 2.05. The molecule has 1 heterocycles. The van der Waals surface area contributed by atoms with Crippen LogP contribution in [0.4, 0.5) is 0 Å². The zero-order chi connectivity index (χ0) is 22.6. The standard InChI is InChI=1S/C21H22N4O4S2/c1-15(26)19(20(27)24(2)3)30-21-23-22-18(25(21)16-10-6-4-7-11-16)14-31(28,29)17-12-8-5-9-13-17/h4-13,19H,14H2,1-3H3. The molecule has 0 aliphatic carbocycles. The minimum atomic E-state index is -3.68. The lowest BCUT2D eigenvalue weighted by Gasteiger charge is -2.18. The number of hydrogen-bond acceptors (Lipinski definition) is 7. The SMILES string of the molecule is CC(=O)C(Sc1nnc(CS(=O)(=O)c2ccccc2)n1-c1ccccc1)C(=O)N(C)C. The van der Waals surface area contributed by atoms with Crippen molar-refractivity contribution in [3.05, 3.63) is 66.5 Å². The van der Waals surface area contributed by atoms with Gasteiger partial charge in [0, 0.05) is 19.8 Å². The van der Waals surface area contributed by atoms with Gasteiger partial charge in [0.15, 0.2) is 26.6 Å². The van der Waals surface area contributed by atoms with Crippen LogP contribution in [0.5, 0.6) is 0 Å². The van der Waals surface area contributed by atoms with Crippen LogP contribution in [0.1, 0.15) is 12.7 Å². The Morgan fingerprint density at radius 3 is 2.13 bits per heavy atom. The minimum absolute atomic E-state index is 0.177. The van der Waals surface area contributed by atoms with E-state index in [4.69, 9.17) is 0 Å². The lowest BCUT2D eigenvalue weighted by Crippen LogP contribution is -2.36. The van der Waals surface area contributed by atoms with Crippen LogP contribution < -0.4 is 0 Å². The molecule has 31 heavy (non-hydrogen) atoms. The number of para-hydroxylation sites is 1. The largest absolute Gasteiger partial charge is 0.347 e. The highest BCUT2D eigenvalue weighted by Gasteiger charge is 2.30. The highest BCUT2D eigenvalue weighted by atomic mass is 32.2. The van der Waals surface area contributed by atoms with Crippen LogP contribution in [-0.2, 0) is 25.2 Å². The van der Waals surface area contributed by atoms with E-state index in [1.807, 2.05) is 6.07 Å². The molecule has 0 radical (unpaired) electrons. The molecule has 0 spiro atoms. The number of carbonyl (C=O) groups is 2. The van der Waals surface area contributed by atoms with Crippen LogP contribution in [0, 0.1) is 0 Å². The van der Waals surface area contributed by atoms with Crippen molar-refractivity contribution < 1.29 is 18.0 Å². The number of benzene rings is 2. The summed E-state index contributed by atoms with van der Waals surface area (Å²) in [6, 6.07) is 17.1. The Bertz CT molecular complexity index is 1180. The molecule has 0 saturated heterocycles. The van der Waals surface area contributed by atoms with Crippen molar-refractivity contribution in [3.63, 3.8) is 0 Å². The first-order chi connectivity index (χ1) is 14.7. The van der Waals surface area contributed by atoms with Gasteiger partial charge in [0.25, 0.3) is 0 Å². The van der Waals surface area contributed by atoms with E-state index in [0.717, 1.165) is 11.8 Å². The molecule has 162 valence electrons. The number of nitrogens with zero attached hydrogens (tertiary/aromatic N) is 4. The Labute approximate surface area is 185 Å². The Hall–Kier alpha value is -2.98. The topological polar surface area (TPSA) is 102 Å². The van der Waals surface area contributed by atoms with E-state index in [2.05, 4.69) is 10.2 Å². The summed E-state index contributed by atoms with van der Waals surface area (Å²) in [7, 11) is -0.544. The molecule has 1 atom stereocenters. The number of rotatable bonds is 8. The first kappa shape index (κ1) is 22.7. The molecule has 10 heteroatoms. The molecule has 1 aromatic heterocycles. The van der Waals surface area contributed by atoms with Gasteiger partial charge in [-0.1, -0.05) is 48.2 Å². The smallest absolute Gasteiger partial charge is 0.243 e. The number of Topliss-reactive ketones (excluding diaryl/α,β-unsaturated/α-hetero) is 1. The number of carbonyl (C=O) groups excluding carboxylic acids is 2. The van der Waals surface area contributed by atoms with Gasteiger partial charge in [-0.05, 0) is 31.2 Å². The number of hydrogen-bond donors (Lipinski definition) is 0. The van der Waals surface area contributed by atoms with E-state index in [-0.39, 0.29) is 33.3 Å². The third-order valence-corrected chi connectivity index (χ3v) is 7.27. The predicted molar refractivity (Wildman–Crippen MR) is 118 cm³/mol. The van der Waals surface area contributed by atoms with Gasteiger partial charge in [-0.15, -0.1) is 10.2 Å². The molecule has 8 nitrogen and oxygen atoms in total. The Kier molecular flexibility index (Phi) is 6.91. The van der Waals surface area contributed by atoms with Crippen LogP contribution in [0.25, 0.3) is 5.69 Å². The fraction of sp³-hybridized carbons (Fsp3) is 0.238. The lowest BCUT2D eigenvalue weighted by atomic mass is 10.3. The molecule has 1 unspecified atom stereocenters. The van der Waals surface area contributed by atoms with E-state index in [1.165, 1.54) is 24.0 Å². The van der Waals surface area contributed by atoms with Crippen LogP contribution in [0.2, 0.25) is 0 Å². The summed E-state index contributed by atoms with van der Waals surface area (Å²) in [5, 5.41) is 7.47. The molecule has 2 aromatic carbocycles. The summed E-state index contributed by atoms with van der Waals surface area (Å²) in [4.78, 5) is 26.1. The first-order valence-electron chi connectivity index (χ1n) is 9.36. The van der Waals surface area contributed by atoms with Gasteiger partial charge in [0.1, 0.15) is 11.0 Å². The van der Waals surface area contributed by atoms with Crippen molar-refractivity contribution >= 4 is 33.3 Å². The van der Waals surface area contributed by atoms with Gasteiger partial charge in [-0.25, -0.2) is 8.42 Å². The normalized spacial score (nSPS) is 12.4. The summed E-state index contributed by atoms with van der Waals surface area (Å²) in [6.45, 7) is 1.34. The highest BCUT2D eigenvalue weighted by molar-refractivity contribution is 8.01. The summed E-state index contributed by atoms with van der Waals surface area (Å²) >= 11 is 0.951. The second kappa shape index (κ2) is 9.44. The second-order valence-corrected chi connectivity index (χ2v) is 10.0. The molecule has 0 fully saturated rings. The van der Waals surface area contributed by atoms with Gasteiger partial charge in [-0.2, -0.15) is 0 Å². The fourth-order valence-electron chi connectivity index (χ4n) is 2.83. The molecule has 0 aliphatic heterocycles. The molecular weight excluding hydrogens is 436 g/mol. The molecule has 0 saturated carbocycles. The fourth-order valence-corrected chi connectivity index (χ4v) is 5.19. The molecule has 0 bridgehead atoms. The molecule has 1 amide bonds. The van der Waals surface area contributed by atoms with Gasteiger partial charge in [0.05, 0.1) is 4.90 Å². The third kappa shape index (κ3) is 5.20. The first-order valence-corrected chi connectivity index (χ1v) is 11.9. The molecule has 3 aromatic rings. The Morgan fingerprint density at radius 2 is 1.58 bits per heavy atom. The van der Waals surface area contributed by atoms with Crippen LogP contribution in [0.3, 0.4) is 0 Å². The maximum Gasteiger partial charge on any atom is 0.243 e. The summed E-state index contributed by atoms with van der Waals surface area (Å²) < 4.78 is 27.4. The van der Waals surface area contributed by atoms with Crippen molar-refractivity contribution in [3.8, 4) is 5.69 Å². The second-order valence-electron chi connectivity index (χ2n) is 6.98. The summed E-state index contributed by atoms with van der Waals surface area (Å²) in [5.41, 5.74) is 0.632. The van der Waals surface area contributed by atoms with Gasteiger partial charge in [0.2, 0.25) is 5.91 Å². The molecular formula is C21H22N4O4S2. The van der Waals surface area contributed by atoms with E-state index in [0.29, 0.717) is 5.69 Å². The molecule has 0 aliphatic rings. The van der Waals surface area contributed by atoms with Crippen molar-refractivity contribution in [1.29, 1.82) is 0 Å². The van der Waals surface area contributed by atoms with Gasteiger partial charge >= 0.3 is 0 Å². The van der Waals surface area contributed by atoms with Crippen molar-refractivity contribution in [1.82, 2.24) is 19.7 Å². The number of thioether (sulfide) groups is 1. The maximum absolute atomic E-state index is 12.9.